The number of rotatable bonds is 3. The molecule has 1 aromatic rings. The minimum absolute atomic E-state index is 0.0718. The summed E-state index contributed by atoms with van der Waals surface area (Å²) in [5.74, 6) is 0.546. The second-order valence-electron chi connectivity index (χ2n) is 2.68. The van der Waals surface area contributed by atoms with Gasteiger partial charge >= 0.3 is 0 Å². The second kappa shape index (κ2) is 5.08. The Morgan fingerprint density at radius 1 is 1.36 bits per heavy atom. The Morgan fingerprint density at radius 2 is 2.00 bits per heavy atom. The molecular formula is C9H9Cl3O2. The monoisotopic (exact) mass is 254 g/mol. The predicted molar refractivity (Wildman–Crippen MR) is 58.7 cm³/mol. The number of aliphatic hydroxyl groups is 1. The van der Waals surface area contributed by atoms with Gasteiger partial charge in [-0.25, -0.2) is 0 Å². The minimum Gasteiger partial charge on any atom is -0.495 e. The molecule has 0 aliphatic carbocycles. The van der Waals surface area contributed by atoms with Crippen molar-refractivity contribution in [3.8, 4) is 5.75 Å². The second-order valence-corrected chi connectivity index (χ2v) is 3.80. The smallest absolute Gasteiger partial charge is 0.138 e. The molecule has 14 heavy (non-hydrogen) atoms. The third-order valence-corrected chi connectivity index (χ3v) is 2.69. The van der Waals surface area contributed by atoms with Gasteiger partial charge in [0, 0.05) is 11.6 Å². The van der Waals surface area contributed by atoms with Crippen molar-refractivity contribution in [1.29, 1.82) is 0 Å². The van der Waals surface area contributed by atoms with E-state index in [0.717, 1.165) is 0 Å². The normalized spacial score (nSPS) is 12.6. The van der Waals surface area contributed by atoms with E-state index in [0.29, 0.717) is 21.4 Å². The van der Waals surface area contributed by atoms with E-state index in [4.69, 9.17) is 39.5 Å². The molecular weight excluding hydrogens is 246 g/mol. The summed E-state index contributed by atoms with van der Waals surface area (Å²) in [6.45, 7) is 0. The van der Waals surface area contributed by atoms with Crippen LogP contribution in [0.2, 0.25) is 10.0 Å². The maximum Gasteiger partial charge on any atom is 0.138 e. The third-order valence-electron chi connectivity index (χ3n) is 1.78. The summed E-state index contributed by atoms with van der Waals surface area (Å²) in [5, 5.41) is 10.3. The molecule has 0 bridgehead atoms. The van der Waals surface area contributed by atoms with Crippen molar-refractivity contribution in [2.24, 2.45) is 0 Å². The molecule has 0 heterocycles. The van der Waals surface area contributed by atoms with E-state index in [2.05, 4.69) is 0 Å². The molecule has 0 spiro atoms. The molecule has 2 nitrogen and oxygen atoms in total. The summed E-state index contributed by atoms with van der Waals surface area (Å²) in [6, 6.07) is 3.10. The Bertz CT molecular complexity index is 328. The molecule has 1 aromatic carbocycles. The van der Waals surface area contributed by atoms with E-state index in [1.807, 2.05) is 0 Å². The first-order valence-electron chi connectivity index (χ1n) is 3.87. The summed E-state index contributed by atoms with van der Waals surface area (Å²) < 4.78 is 4.96. The topological polar surface area (TPSA) is 29.5 Å². The van der Waals surface area contributed by atoms with Crippen LogP contribution in [0.4, 0.5) is 0 Å². The average Bonchev–Trinajstić information content (AvgIpc) is 2.19. The minimum atomic E-state index is -0.812. The lowest BCUT2D eigenvalue weighted by Crippen LogP contribution is -2.00. The van der Waals surface area contributed by atoms with Gasteiger partial charge in [-0.2, -0.15) is 0 Å². The highest BCUT2D eigenvalue weighted by molar-refractivity contribution is 6.34. The largest absolute Gasteiger partial charge is 0.495 e. The number of hydrogen-bond donors (Lipinski definition) is 1. The predicted octanol–water partition coefficient (Wildman–Crippen LogP) is 3.27. The van der Waals surface area contributed by atoms with E-state index in [1.54, 1.807) is 12.1 Å². The van der Waals surface area contributed by atoms with Crippen molar-refractivity contribution >= 4 is 34.8 Å². The van der Waals surface area contributed by atoms with Crippen LogP contribution in [0.5, 0.6) is 5.75 Å². The number of alkyl halides is 1. The van der Waals surface area contributed by atoms with Crippen LogP contribution >= 0.6 is 34.8 Å². The van der Waals surface area contributed by atoms with Crippen molar-refractivity contribution in [3.63, 3.8) is 0 Å². The van der Waals surface area contributed by atoms with Crippen molar-refractivity contribution in [1.82, 2.24) is 0 Å². The summed E-state index contributed by atoms with van der Waals surface area (Å²) in [6.07, 6.45) is -0.812. The van der Waals surface area contributed by atoms with Gasteiger partial charge in [0.15, 0.2) is 0 Å². The standard InChI is InChI=1S/C9H9Cl3O2/c1-14-9-3-6(11)5(2-7(9)12)8(13)4-10/h2-3,8,13H,4H2,1H3. The number of benzene rings is 1. The first-order valence-corrected chi connectivity index (χ1v) is 5.16. The molecule has 5 heteroatoms. The van der Waals surface area contributed by atoms with Gasteiger partial charge in [0.2, 0.25) is 0 Å². The maximum atomic E-state index is 9.48. The SMILES string of the molecule is COc1cc(Cl)c(C(O)CCl)cc1Cl. The lowest BCUT2D eigenvalue weighted by atomic mass is 10.1. The lowest BCUT2D eigenvalue weighted by molar-refractivity contribution is 0.202. The van der Waals surface area contributed by atoms with Crippen molar-refractivity contribution in [2.45, 2.75) is 6.10 Å². The van der Waals surface area contributed by atoms with Gasteiger partial charge in [0.1, 0.15) is 5.75 Å². The van der Waals surface area contributed by atoms with Gasteiger partial charge in [-0.1, -0.05) is 23.2 Å². The quantitative estimate of drug-likeness (QED) is 0.840. The molecule has 1 atom stereocenters. The zero-order valence-electron chi connectivity index (χ0n) is 7.43. The molecule has 0 fully saturated rings. The van der Waals surface area contributed by atoms with Crippen LogP contribution in [0.3, 0.4) is 0 Å². The van der Waals surface area contributed by atoms with Crippen LogP contribution in [0, 0.1) is 0 Å². The van der Waals surface area contributed by atoms with Crippen molar-refractivity contribution in [2.75, 3.05) is 13.0 Å². The Labute approximate surface area is 97.3 Å². The van der Waals surface area contributed by atoms with Crippen LogP contribution in [-0.2, 0) is 0 Å². The Morgan fingerprint density at radius 3 is 2.50 bits per heavy atom. The van der Waals surface area contributed by atoms with Crippen LogP contribution in [0.15, 0.2) is 12.1 Å². The number of aliphatic hydroxyl groups excluding tert-OH is 1. The highest BCUT2D eigenvalue weighted by Gasteiger charge is 2.13. The van der Waals surface area contributed by atoms with E-state index in [9.17, 15) is 5.11 Å². The summed E-state index contributed by atoms with van der Waals surface area (Å²) in [5.41, 5.74) is 0.507. The maximum absolute atomic E-state index is 9.48. The van der Waals surface area contributed by atoms with Crippen LogP contribution in [0.25, 0.3) is 0 Å². The number of hydrogen-bond acceptors (Lipinski definition) is 2. The molecule has 1 N–H and O–H groups in total. The van der Waals surface area contributed by atoms with E-state index >= 15 is 0 Å². The molecule has 1 unspecified atom stereocenters. The zero-order valence-corrected chi connectivity index (χ0v) is 9.70. The van der Waals surface area contributed by atoms with Gasteiger partial charge in [0.05, 0.1) is 29.1 Å². The molecule has 0 saturated carbocycles. The fourth-order valence-corrected chi connectivity index (χ4v) is 1.73. The van der Waals surface area contributed by atoms with Gasteiger partial charge in [0.25, 0.3) is 0 Å². The third kappa shape index (κ3) is 2.45. The van der Waals surface area contributed by atoms with Crippen LogP contribution < -0.4 is 4.74 Å². The summed E-state index contributed by atoms with van der Waals surface area (Å²) in [4.78, 5) is 0. The van der Waals surface area contributed by atoms with Crippen molar-refractivity contribution < 1.29 is 9.84 Å². The highest BCUT2D eigenvalue weighted by atomic mass is 35.5. The molecule has 0 saturated heterocycles. The molecule has 78 valence electrons. The molecule has 0 radical (unpaired) electrons. The Hall–Kier alpha value is -0.150. The fourth-order valence-electron chi connectivity index (χ4n) is 1.04. The van der Waals surface area contributed by atoms with Gasteiger partial charge in [-0.15, -0.1) is 11.6 Å². The van der Waals surface area contributed by atoms with Crippen LogP contribution in [-0.4, -0.2) is 18.1 Å². The van der Waals surface area contributed by atoms with Crippen LogP contribution in [0.1, 0.15) is 11.7 Å². The van der Waals surface area contributed by atoms with E-state index in [-0.39, 0.29) is 5.88 Å². The van der Waals surface area contributed by atoms with Gasteiger partial charge < -0.3 is 9.84 Å². The molecule has 0 aromatic heterocycles. The van der Waals surface area contributed by atoms with E-state index < -0.39 is 6.10 Å². The number of ether oxygens (including phenoxy) is 1. The molecule has 0 aliphatic heterocycles. The first-order chi connectivity index (χ1) is 6.60. The molecule has 0 aliphatic rings. The highest BCUT2D eigenvalue weighted by Crippen LogP contribution is 2.34. The number of halogens is 3. The average molecular weight is 256 g/mol. The summed E-state index contributed by atoms with van der Waals surface area (Å²) >= 11 is 17.3. The molecule has 0 amide bonds. The number of methoxy groups -OCH3 is 1. The van der Waals surface area contributed by atoms with Crippen molar-refractivity contribution in [3.05, 3.63) is 27.7 Å². The van der Waals surface area contributed by atoms with Gasteiger partial charge in [-0.3, -0.25) is 0 Å². The Balaban J connectivity index is 3.14. The van der Waals surface area contributed by atoms with Gasteiger partial charge in [-0.05, 0) is 6.07 Å². The lowest BCUT2D eigenvalue weighted by Gasteiger charge is -2.12. The van der Waals surface area contributed by atoms with E-state index in [1.165, 1.54) is 7.11 Å². The first kappa shape index (κ1) is 11.9. The zero-order chi connectivity index (χ0) is 10.7. The Kier molecular flexibility index (Phi) is 4.32. The molecule has 1 rings (SSSR count). The summed E-state index contributed by atoms with van der Waals surface area (Å²) in [7, 11) is 1.50. The fraction of sp³-hybridized carbons (Fsp3) is 0.333.